The van der Waals surface area contributed by atoms with Gasteiger partial charge < -0.3 is 9.84 Å². The molecular formula is C9H10N4O3. The van der Waals surface area contributed by atoms with Crippen LogP contribution in [0.5, 0.6) is 0 Å². The third kappa shape index (κ3) is 1.61. The molecule has 0 aliphatic rings. The van der Waals surface area contributed by atoms with Crippen molar-refractivity contribution in [3.05, 3.63) is 23.3 Å². The molecule has 0 aliphatic carbocycles. The molecule has 7 heteroatoms. The third-order valence-corrected chi connectivity index (χ3v) is 2.15. The number of nitrogens with zero attached hydrogens (tertiary/aromatic N) is 4. The van der Waals surface area contributed by atoms with Crippen molar-refractivity contribution in [2.24, 2.45) is 0 Å². The Morgan fingerprint density at radius 1 is 1.62 bits per heavy atom. The minimum atomic E-state index is -1.03. The standard InChI is InChI=1S/C9H10N4O3/c1-5-6(8(14)15)3-10-9-11-7(4-16-2)12-13(5)9/h3H,4H2,1-2H3,(H,14,15). The quantitative estimate of drug-likeness (QED) is 0.802. The largest absolute Gasteiger partial charge is 0.478 e. The maximum Gasteiger partial charge on any atom is 0.339 e. The van der Waals surface area contributed by atoms with Crippen molar-refractivity contribution in [3.8, 4) is 0 Å². The van der Waals surface area contributed by atoms with Gasteiger partial charge in [0.05, 0.1) is 11.3 Å². The molecule has 0 aliphatic heterocycles. The van der Waals surface area contributed by atoms with Crippen LogP contribution in [0.4, 0.5) is 0 Å². The first-order valence-electron chi connectivity index (χ1n) is 4.57. The number of hydrogen-bond acceptors (Lipinski definition) is 5. The second-order valence-electron chi connectivity index (χ2n) is 3.24. The molecule has 0 saturated carbocycles. The van der Waals surface area contributed by atoms with Crippen molar-refractivity contribution in [3.63, 3.8) is 0 Å². The Bertz CT molecular complexity index is 549. The number of carboxylic acids is 1. The smallest absolute Gasteiger partial charge is 0.339 e. The maximum absolute atomic E-state index is 10.9. The molecule has 2 heterocycles. The molecule has 84 valence electrons. The van der Waals surface area contributed by atoms with Crippen LogP contribution in [-0.2, 0) is 11.3 Å². The first kappa shape index (κ1) is 10.5. The average Bonchev–Trinajstić information content (AvgIpc) is 2.62. The van der Waals surface area contributed by atoms with Crippen LogP contribution in [0.15, 0.2) is 6.20 Å². The molecule has 2 aromatic rings. The van der Waals surface area contributed by atoms with E-state index in [1.807, 2.05) is 0 Å². The van der Waals surface area contributed by atoms with Crippen molar-refractivity contribution in [1.29, 1.82) is 0 Å². The Kier molecular flexibility index (Phi) is 2.53. The molecular weight excluding hydrogens is 212 g/mol. The molecule has 0 saturated heterocycles. The van der Waals surface area contributed by atoms with E-state index in [0.717, 1.165) is 0 Å². The summed E-state index contributed by atoms with van der Waals surface area (Å²) in [5, 5.41) is 13.0. The van der Waals surface area contributed by atoms with E-state index in [9.17, 15) is 4.79 Å². The number of aromatic nitrogens is 4. The summed E-state index contributed by atoms with van der Waals surface area (Å²) in [4.78, 5) is 18.9. The first-order valence-corrected chi connectivity index (χ1v) is 4.57. The van der Waals surface area contributed by atoms with Gasteiger partial charge in [-0.2, -0.15) is 4.98 Å². The van der Waals surface area contributed by atoms with Crippen LogP contribution < -0.4 is 0 Å². The predicted octanol–water partition coefficient (Wildman–Crippen LogP) is 0.277. The van der Waals surface area contributed by atoms with Gasteiger partial charge >= 0.3 is 5.97 Å². The van der Waals surface area contributed by atoms with Crippen molar-refractivity contribution in [2.45, 2.75) is 13.5 Å². The fraction of sp³-hybridized carbons (Fsp3) is 0.333. The van der Waals surface area contributed by atoms with Crippen LogP contribution in [-0.4, -0.2) is 37.8 Å². The SMILES string of the molecule is COCc1nc2ncc(C(=O)O)c(C)n2n1. The number of rotatable bonds is 3. The van der Waals surface area contributed by atoms with E-state index in [2.05, 4.69) is 15.1 Å². The summed E-state index contributed by atoms with van der Waals surface area (Å²) in [6, 6.07) is 0. The molecule has 0 bridgehead atoms. The lowest BCUT2D eigenvalue weighted by molar-refractivity contribution is 0.0695. The molecule has 0 amide bonds. The van der Waals surface area contributed by atoms with Crippen LogP contribution >= 0.6 is 0 Å². The zero-order chi connectivity index (χ0) is 11.7. The van der Waals surface area contributed by atoms with Crippen LogP contribution in [0.1, 0.15) is 21.9 Å². The molecule has 0 unspecified atom stereocenters. The van der Waals surface area contributed by atoms with Crippen LogP contribution in [0, 0.1) is 6.92 Å². The van der Waals surface area contributed by atoms with Gasteiger partial charge in [-0.3, -0.25) is 0 Å². The summed E-state index contributed by atoms with van der Waals surface area (Å²) in [6.07, 6.45) is 1.28. The minimum Gasteiger partial charge on any atom is -0.478 e. The fourth-order valence-corrected chi connectivity index (χ4v) is 1.38. The van der Waals surface area contributed by atoms with Crippen molar-refractivity contribution >= 4 is 11.7 Å². The number of methoxy groups -OCH3 is 1. The second-order valence-corrected chi connectivity index (χ2v) is 3.24. The van der Waals surface area contributed by atoms with Gasteiger partial charge in [-0.05, 0) is 6.92 Å². The van der Waals surface area contributed by atoms with E-state index in [0.29, 0.717) is 17.3 Å². The Balaban J connectivity index is 2.60. The maximum atomic E-state index is 10.9. The lowest BCUT2D eigenvalue weighted by Gasteiger charge is -2.00. The molecule has 7 nitrogen and oxygen atoms in total. The van der Waals surface area contributed by atoms with Crippen molar-refractivity contribution in [2.75, 3.05) is 7.11 Å². The van der Waals surface area contributed by atoms with E-state index < -0.39 is 5.97 Å². The van der Waals surface area contributed by atoms with Gasteiger partial charge in [0.25, 0.3) is 5.78 Å². The first-order chi connectivity index (χ1) is 7.63. The highest BCUT2D eigenvalue weighted by atomic mass is 16.5. The number of carbonyl (C=O) groups is 1. The number of hydrogen-bond donors (Lipinski definition) is 1. The van der Waals surface area contributed by atoms with Gasteiger partial charge in [0.15, 0.2) is 5.82 Å². The molecule has 0 spiro atoms. The predicted molar refractivity (Wildman–Crippen MR) is 53.2 cm³/mol. The van der Waals surface area contributed by atoms with Gasteiger partial charge in [-0.25, -0.2) is 14.3 Å². The number of aromatic carboxylic acids is 1. The summed E-state index contributed by atoms with van der Waals surface area (Å²) in [5.41, 5.74) is 0.605. The number of ether oxygens (including phenoxy) is 1. The van der Waals surface area contributed by atoms with Crippen LogP contribution in [0.2, 0.25) is 0 Å². The van der Waals surface area contributed by atoms with Crippen molar-refractivity contribution < 1.29 is 14.6 Å². The molecule has 1 N–H and O–H groups in total. The summed E-state index contributed by atoms with van der Waals surface area (Å²) < 4.78 is 6.29. The molecule has 2 aromatic heterocycles. The number of aryl methyl sites for hydroxylation is 1. The van der Waals surface area contributed by atoms with Crippen molar-refractivity contribution in [1.82, 2.24) is 19.6 Å². The third-order valence-electron chi connectivity index (χ3n) is 2.15. The van der Waals surface area contributed by atoms with E-state index in [-0.39, 0.29) is 12.2 Å². The van der Waals surface area contributed by atoms with E-state index >= 15 is 0 Å². The molecule has 0 radical (unpaired) electrons. The Morgan fingerprint density at radius 3 is 3.00 bits per heavy atom. The summed E-state index contributed by atoms with van der Waals surface area (Å²) in [5.74, 6) is -0.189. The van der Waals surface area contributed by atoms with Gasteiger partial charge in [0.2, 0.25) is 0 Å². The van der Waals surface area contributed by atoms with E-state index in [1.54, 1.807) is 6.92 Å². The van der Waals surface area contributed by atoms with E-state index in [1.165, 1.54) is 17.8 Å². The van der Waals surface area contributed by atoms with Crippen LogP contribution in [0.3, 0.4) is 0 Å². The lowest BCUT2D eigenvalue weighted by atomic mass is 10.2. The Labute approximate surface area is 90.7 Å². The van der Waals surface area contributed by atoms with Gasteiger partial charge in [0.1, 0.15) is 6.61 Å². The van der Waals surface area contributed by atoms with E-state index in [4.69, 9.17) is 9.84 Å². The van der Waals surface area contributed by atoms with Crippen LogP contribution in [0.25, 0.3) is 5.78 Å². The minimum absolute atomic E-state index is 0.112. The zero-order valence-corrected chi connectivity index (χ0v) is 8.84. The summed E-state index contributed by atoms with van der Waals surface area (Å²) in [7, 11) is 1.54. The zero-order valence-electron chi connectivity index (χ0n) is 8.84. The molecule has 2 rings (SSSR count). The number of fused-ring (bicyclic) bond motifs is 1. The van der Waals surface area contributed by atoms with Gasteiger partial charge in [-0.1, -0.05) is 0 Å². The van der Waals surface area contributed by atoms with Gasteiger partial charge in [0, 0.05) is 13.3 Å². The molecule has 0 fully saturated rings. The molecule has 16 heavy (non-hydrogen) atoms. The summed E-state index contributed by atoms with van der Waals surface area (Å²) in [6.45, 7) is 1.93. The molecule has 0 aromatic carbocycles. The van der Waals surface area contributed by atoms with Gasteiger partial charge in [-0.15, -0.1) is 5.10 Å². The molecule has 0 atom stereocenters. The number of carboxylic acid groups (broad SMARTS) is 1. The fourth-order valence-electron chi connectivity index (χ4n) is 1.38. The second kappa shape index (κ2) is 3.86. The Morgan fingerprint density at radius 2 is 2.38 bits per heavy atom. The Hall–Kier alpha value is -2.02. The highest BCUT2D eigenvalue weighted by Gasteiger charge is 2.13. The average molecular weight is 222 g/mol. The highest BCUT2D eigenvalue weighted by molar-refractivity contribution is 5.88. The monoisotopic (exact) mass is 222 g/mol. The normalized spacial score (nSPS) is 10.9. The summed E-state index contributed by atoms with van der Waals surface area (Å²) >= 11 is 0. The highest BCUT2D eigenvalue weighted by Crippen LogP contribution is 2.08. The lowest BCUT2D eigenvalue weighted by Crippen LogP contribution is -2.07. The topological polar surface area (TPSA) is 89.6 Å².